The van der Waals surface area contributed by atoms with Crippen molar-refractivity contribution in [3.8, 4) is 5.75 Å². The van der Waals surface area contributed by atoms with Gasteiger partial charge in [-0.1, -0.05) is 18.2 Å². The van der Waals surface area contributed by atoms with Crippen LogP contribution >= 0.6 is 11.3 Å². The van der Waals surface area contributed by atoms with Crippen LogP contribution in [0, 0.1) is 0 Å². The lowest BCUT2D eigenvalue weighted by atomic mass is 10.1. The normalized spacial score (nSPS) is 11.9. The van der Waals surface area contributed by atoms with Crippen LogP contribution < -0.4 is 10.1 Å². The van der Waals surface area contributed by atoms with E-state index in [2.05, 4.69) is 5.32 Å². The minimum Gasteiger partial charge on any atom is -0.497 e. The number of benzene rings is 1. The van der Waals surface area contributed by atoms with Crippen LogP contribution in [0.2, 0.25) is 0 Å². The number of esters is 1. The summed E-state index contributed by atoms with van der Waals surface area (Å²) in [7, 11) is 3.01. The number of carbonyl (C=O) groups excluding carboxylic acids is 1. The Kier molecular flexibility index (Phi) is 5.15. The summed E-state index contributed by atoms with van der Waals surface area (Å²) >= 11 is 1.65. The van der Waals surface area contributed by atoms with Gasteiger partial charge in [-0.25, -0.2) is 4.79 Å². The fourth-order valence-corrected chi connectivity index (χ4v) is 2.52. The summed E-state index contributed by atoms with van der Waals surface area (Å²) < 4.78 is 9.98. The number of rotatable bonds is 6. The molecule has 0 radical (unpaired) electrons. The number of hydrogen-bond donors (Lipinski definition) is 1. The summed E-state index contributed by atoms with van der Waals surface area (Å²) in [6.07, 6.45) is 0. The van der Waals surface area contributed by atoms with Gasteiger partial charge in [0, 0.05) is 11.4 Å². The second kappa shape index (κ2) is 7.07. The molecule has 5 heteroatoms. The van der Waals surface area contributed by atoms with Gasteiger partial charge >= 0.3 is 5.97 Å². The van der Waals surface area contributed by atoms with E-state index in [1.165, 1.54) is 12.0 Å². The average Bonchev–Trinajstić information content (AvgIpc) is 3.01. The zero-order valence-corrected chi connectivity index (χ0v) is 12.3. The third-order valence-electron chi connectivity index (χ3n) is 2.95. The van der Waals surface area contributed by atoms with E-state index in [-0.39, 0.29) is 5.97 Å². The van der Waals surface area contributed by atoms with Crippen LogP contribution in [-0.4, -0.2) is 20.2 Å². The van der Waals surface area contributed by atoms with Crippen LogP contribution in [0.15, 0.2) is 41.8 Å². The smallest absolute Gasteiger partial charge is 0.327 e. The zero-order valence-electron chi connectivity index (χ0n) is 11.5. The second-order valence-electron chi connectivity index (χ2n) is 4.19. The van der Waals surface area contributed by atoms with Crippen LogP contribution in [-0.2, 0) is 16.1 Å². The van der Waals surface area contributed by atoms with Gasteiger partial charge in [-0.3, -0.25) is 5.32 Å². The molecule has 0 saturated heterocycles. The fourth-order valence-electron chi connectivity index (χ4n) is 1.87. The summed E-state index contributed by atoms with van der Waals surface area (Å²) in [5.41, 5.74) is 0.856. The van der Waals surface area contributed by atoms with Crippen LogP contribution in [0.4, 0.5) is 0 Å². The highest BCUT2D eigenvalue weighted by atomic mass is 32.1. The number of ether oxygens (including phenoxy) is 2. The Morgan fingerprint density at radius 3 is 2.55 bits per heavy atom. The number of carbonyl (C=O) groups is 1. The topological polar surface area (TPSA) is 47.6 Å². The van der Waals surface area contributed by atoms with Crippen LogP contribution in [0.3, 0.4) is 0 Å². The van der Waals surface area contributed by atoms with Gasteiger partial charge in [-0.2, -0.15) is 0 Å². The second-order valence-corrected chi connectivity index (χ2v) is 5.22. The Bertz CT molecular complexity index is 537. The maximum Gasteiger partial charge on any atom is 0.327 e. The van der Waals surface area contributed by atoms with Crippen molar-refractivity contribution in [1.82, 2.24) is 5.32 Å². The van der Waals surface area contributed by atoms with Gasteiger partial charge < -0.3 is 9.47 Å². The molecule has 0 aliphatic carbocycles. The average molecular weight is 291 g/mol. The monoisotopic (exact) mass is 291 g/mol. The Hall–Kier alpha value is -1.85. The summed E-state index contributed by atoms with van der Waals surface area (Å²) in [6, 6.07) is 10.9. The predicted molar refractivity (Wildman–Crippen MR) is 78.9 cm³/mol. The summed E-state index contributed by atoms with van der Waals surface area (Å²) in [5.74, 6) is 0.461. The van der Waals surface area contributed by atoms with Crippen molar-refractivity contribution in [2.75, 3.05) is 14.2 Å². The molecule has 1 unspecified atom stereocenters. The van der Waals surface area contributed by atoms with E-state index in [1.54, 1.807) is 18.4 Å². The molecule has 1 heterocycles. The summed E-state index contributed by atoms with van der Waals surface area (Å²) in [5, 5.41) is 5.23. The van der Waals surface area contributed by atoms with Crippen LogP contribution in [0.5, 0.6) is 5.75 Å². The molecule has 2 rings (SSSR count). The van der Waals surface area contributed by atoms with E-state index in [1.807, 2.05) is 41.8 Å². The third kappa shape index (κ3) is 3.59. The molecule has 0 bridgehead atoms. The maximum atomic E-state index is 11.9. The highest BCUT2D eigenvalue weighted by Gasteiger charge is 2.20. The van der Waals surface area contributed by atoms with Crippen LogP contribution in [0.1, 0.15) is 16.5 Å². The van der Waals surface area contributed by atoms with Crippen molar-refractivity contribution in [3.05, 3.63) is 52.2 Å². The van der Waals surface area contributed by atoms with Gasteiger partial charge in [0.25, 0.3) is 0 Å². The molecule has 2 aromatic rings. The van der Waals surface area contributed by atoms with Gasteiger partial charge in [0.1, 0.15) is 11.8 Å². The predicted octanol–water partition coefficient (Wildman–Crippen LogP) is 2.76. The maximum absolute atomic E-state index is 11.9. The lowest BCUT2D eigenvalue weighted by molar-refractivity contribution is -0.143. The molecule has 0 saturated carbocycles. The molecule has 20 heavy (non-hydrogen) atoms. The molecular weight excluding hydrogens is 274 g/mol. The molecule has 106 valence electrons. The van der Waals surface area contributed by atoms with Crippen molar-refractivity contribution in [2.24, 2.45) is 0 Å². The van der Waals surface area contributed by atoms with Gasteiger partial charge in [-0.05, 0) is 29.1 Å². The minimum absolute atomic E-state index is 0.299. The first-order chi connectivity index (χ1) is 9.74. The number of thiophene rings is 1. The Morgan fingerprint density at radius 2 is 2.00 bits per heavy atom. The lowest BCUT2D eigenvalue weighted by Gasteiger charge is -2.16. The molecule has 4 nitrogen and oxygen atoms in total. The number of nitrogens with one attached hydrogen (secondary N) is 1. The van der Waals surface area contributed by atoms with Crippen molar-refractivity contribution in [1.29, 1.82) is 0 Å². The Labute approximate surface area is 122 Å². The number of hydrogen-bond acceptors (Lipinski definition) is 5. The van der Waals surface area contributed by atoms with Gasteiger partial charge in [0.05, 0.1) is 14.2 Å². The molecule has 0 spiro atoms. The standard InChI is InChI=1S/C15H17NO3S/c1-18-12-7-5-11(6-8-12)14(15(17)19-2)16-10-13-4-3-9-20-13/h3-9,14,16H,10H2,1-2H3. The molecule has 1 aromatic heterocycles. The first-order valence-electron chi connectivity index (χ1n) is 6.22. The van der Waals surface area contributed by atoms with E-state index >= 15 is 0 Å². The third-order valence-corrected chi connectivity index (χ3v) is 3.82. The quantitative estimate of drug-likeness (QED) is 0.831. The van der Waals surface area contributed by atoms with Gasteiger partial charge in [-0.15, -0.1) is 11.3 Å². The Balaban J connectivity index is 2.11. The summed E-state index contributed by atoms with van der Waals surface area (Å²) in [6.45, 7) is 0.628. The highest BCUT2D eigenvalue weighted by molar-refractivity contribution is 7.09. The fraction of sp³-hybridized carbons (Fsp3) is 0.267. The zero-order chi connectivity index (χ0) is 14.4. The Morgan fingerprint density at radius 1 is 1.25 bits per heavy atom. The molecule has 0 aliphatic heterocycles. The molecule has 0 amide bonds. The first kappa shape index (κ1) is 14.6. The molecule has 1 atom stereocenters. The van der Waals surface area contributed by atoms with E-state index in [4.69, 9.17) is 9.47 Å². The van der Waals surface area contributed by atoms with Gasteiger partial charge in [0.15, 0.2) is 0 Å². The molecule has 0 aliphatic rings. The van der Waals surface area contributed by atoms with Crippen molar-refractivity contribution in [3.63, 3.8) is 0 Å². The SMILES string of the molecule is COC(=O)C(NCc1cccs1)c1ccc(OC)cc1. The lowest BCUT2D eigenvalue weighted by Crippen LogP contribution is -2.29. The van der Waals surface area contributed by atoms with Crippen molar-refractivity contribution < 1.29 is 14.3 Å². The largest absolute Gasteiger partial charge is 0.497 e. The minimum atomic E-state index is -0.479. The highest BCUT2D eigenvalue weighted by Crippen LogP contribution is 2.20. The number of methoxy groups -OCH3 is 2. The molecule has 1 N–H and O–H groups in total. The van der Waals surface area contributed by atoms with Crippen molar-refractivity contribution in [2.45, 2.75) is 12.6 Å². The van der Waals surface area contributed by atoms with E-state index < -0.39 is 6.04 Å². The summed E-state index contributed by atoms with van der Waals surface area (Å²) in [4.78, 5) is 13.1. The molecular formula is C15H17NO3S. The van der Waals surface area contributed by atoms with Crippen molar-refractivity contribution >= 4 is 17.3 Å². The first-order valence-corrected chi connectivity index (χ1v) is 7.10. The molecule has 0 fully saturated rings. The molecule has 1 aromatic carbocycles. The van der Waals surface area contributed by atoms with E-state index in [0.717, 1.165) is 11.3 Å². The van der Waals surface area contributed by atoms with E-state index in [9.17, 15) is 4.79 Å². The van der Waals surface area contributed by atoms with E-state index in [0.29, 0.717) is 6.54 Å². The van der Waals surface area contributed by atoms with Crippen LogP contribution in [0.25, 0.3) is 0 Å². The van der Waals surface area contributed by atoms with Gasteiger partial charge in [0.2, 0.25) is 0 Å².